The summed E-state index contributed by atoms with van der Waals surface area (Å²) >= 11 is 0. The SMILES string of the molecule is CN1CCOc2ccc(-c3cn(C)c4nccc(NS(=O)(=O)c5ccccc5)c34)cc21. The number of nitrogens with zero attached hydrogens (tertiary/aromatic N) is 3. The number of aryl methyl sites for hydroxylation is 1. The third-order valence-corrected chi connectivity index (χ3v) is 6.90. The van der Waals surface area contributed by atoms with Crippen LogP contribution in [0, 0.1) is 0 Å². The molecule has 0 amide bonds. The molecule has 0 aliphatic carbocycles. The fourth-order valence-electron chi connectivity index (χ4n) is 3.93. The third-order valence-electron chi connectivity index (χ3n) is 5.52. The summed E-state index contributed by atoms with van der Waals surface area (Å²) in [6, 6.07) is 16.1. The largest absolute Gasteiger partial charge is 0.490 e. The maximum absolute atomic E-state index is 13.0. The molecule has 2 aromatic heterocycles. The Hall–Kier alpha value is -3.52. The van der Waals surface area contributed by atoms with Crippen molar-refractivity contribution in [2.75, 3.05) is 29.8 Å². The molecule has 0 spiro atoms. The van der Waals surface area contributed by atoms with E-state index in [4.69, 9.17) is 4.74 Å². The van der Waals surface area contributed by atoms with Crippen LogP contribution < -0.4 is 14.4 Å². The zero-order chi connectivity index (χ0) is 21.6. The van der Waals surface area contributed by atoms with Gasteiger partial charge in [-0.15, -0.1) is 0 Å². The third kappa shape index (κ3) is 3.38. The van der Waals surface area contributed by atoms with Gasteiger partial charge in [-0.1, -0.05) is 24.3 Å². The monoisotopic (exact) mass is 434 g/mol. The number of benzene rings is 2. The van der Waals surface area contributed by atoms with Crippen molar-refractivity contribution in [2.24, 2.45) is 7.05 Å². The quantitative estimate of drug-likeness (QED) is 0.528. The normalized spacial score (nSPS) is 13.7. The van der Waals surface area contributed by atoms with Crippen molar-refractivity contribution in [1.82, 2.24) is 9.55 Å². The van der Waals surface area contributed by atoms with Crippen molar-refractivity contribution in [3.05, 3.63) is 67.0 Å². The van der Waals surface area contributed by atoms with Crippen molar-refractivity contribution >= 4 is 32.4 Å². The number of anilines is 2. The van der Waals surface area contributed by atoms with Gasteiger partial charge in [0, 0.05) is 32.1 Å². The van der Waals surface area contributed by atoms with Crippen molar-refractivity contribution in [3.63, 3.8) is 0 Å². The van der Waals surface area contributed by atoms with Gasteiger partial charge in [0.25, 0.3) is 10.0 Å². The summed E-state index contributed by atoms with van der Waals surface area (Å²) in [6.45, 7) is 1.47. The highest BCUT2D eigenvalue weighted by atomic mass is 32.2. The maximum atomic E-state index is 13.0. The second-order valence-corrected chi connectivity index (χ2v) is 9.26. The lowest BCUT2D eigenvalue weighted by molar-refractivity contribution is 0.311. The minimum atomic E-state index is -3.73. The molecule has 0 atom stereocenters. The van der Waals surface area contributed by atoms with Gasteiger partial charge >= 0.3 is 0 Å². The summed E-state index contributed by atoms with van der Waals surface area (Å²) in [4.78, 5) is 6.86. The van der Waals surface area contributed by atoms with Crippen LogP contribution in [0.1, 0.15) is 0 Å². The van der Waals surface area contributed by atoms with E-state index in [0.29, 0.717) is 17.9 Å². The molecule has 0 unspecified atom stereocenters. The van der Waals surface area contributed by atoms with E-state index in [1.165, 1.54) is 0 Å². The first-order valence-corrected chi connectivity index (χ1v) is 11.4. The summed E-state index contributed by atoms with van der Waals surface area (Å²) in [5, 5.41) is 0.754. The van der Waals surface area contributed by atoms with Gasteiger partial charge in [0.2, 0.25) is 0 Å². The summed E-state index contributed by atoms with van der Waals surface area (Å²) in [6.07, 6.45) is 3.59. The van der Waals surface area contributed by atoms with E-state index < -0.39 is 10.0 Å². The van der Waals surface area contributed by atoms with Gasteiger partial charge in [0.1, 0.15) is 18.0 Å². The molecule has 2 aromatic carbocycles. The fraction of sp³-hybridized carbons (Fsp3) is 0.174. The number of hydrogen-bond acceptors (Lipinski definition) is 5. The fourth-order valence-corrected chi connectivity index (χ4v) is 5.02. The Morgan fingerprint density at radius 1 is 1.06 bits per heavy atom. The molecule has 0 saturated carbocycles. The second kappa shape index (κ2) is 7.31. The number of pyridine rings is 1. The Morgan fingerprint density at radius 3 is 2.68 bits per heavy atom. The second-order valence-electron chi connectivity index (χ2n) is 7.58. The molecule has 1 N–H and O–H groups in total. The smallest absolute Gasteiger partial charge is 0.261 e. The Bertz CT molecular complexity index is 1380. The van der Waals surface area contributed by atoms with Crippen LogP contribution in [0.4, 0.5) is 11.4 Å². The van der Waals surface area contributed by atoms with Crippen LogP contribution in [0.15, 0.2) is 71.9 Å². The van der Waals surface area contributed by atoms with E-state index >= 15 is 0 Å². The number of ether oxygens (including phenoxy) is 1. The molecule has 5 rings (SSSR count). The molecule has 7 nitrogen and oxygen atoms in total. The molecular formula is C23H22N4O3S. The van der Waals surface area contributed by atoms with Gasteiger partial charge in [0.15, 0.2) is 0 Å². The highest BCUT2D eigenvalue weighted by molar-refractivity contribution is 7.92. The van der Waals surface area contributed by atoms with Crippen LogP contribution in [-0.4, -0.2) is 38.2 Å². The van der Waals surface area contributed by atoms with Crippen LogP contribution >= 0.6 is 0 Å². The average molecular weight is 435 g/mol. The van der Waals surface area contributed by atoms with E-state index in [9.17, 15) is 8.42 Å². The topological polar surface area (TPSA) is 76.5 Å². The summed E-state index contributed by atoms with van der Waals surface area (Å²) in [5.74, 6) is 0.848. The summed E-state index contributed by atoms with van der Waals surface area (Å²) in [7, 11) is 0.209. The maximum Gasteiger partial charge on any atom is 0.261 e. The van der Waals surface area contributed by atoms with E-state index in [2.05, 4.69) is 20.7 Å². The predicted octanol–water partition coefficient (Wildman–Crippen LogP) is 3.87. The van der Waals surface area contributed by atoms with Crippen LogP contribution in [0.2, 0.25) is 0 Å². The van der Waals surface area contributed by atoms with Crippen LogP contribution in [0.3, 0.4) is 0 Å². The number of nitrogens with one attached hydrogen (secondary N) is 1. The summed E-state index contributed by atoms with van der Waals surface area (Å²) < 4.78 is 36.4. The van der Waals surface area contributed by atoms with Crippen molar-refractivity contribution < 1.29 is 13.2 Å². The lowest BCUT2D eigenvalue weighted by Crippen LogP contribution is -2.28. The molecule has 31 heavy (non-hydrogen) atoms. The Balaban J connectivity index is 1.65. The van der Waals surface area contributed by atoms with Crippen molar-refractivity contribution in [2.45, 2.75) is 4.90 Å². The molecule has 1 aliphatic rings. The van der Waals surface area contributed by atoms with E-state index in [0.717, 1.165) is 34.5 Å². The lowest BCUT2D eigenvalue weighted by atomic mass is 10.0. The van der Waals surface area contributed by atoms with Gasteiger partial charge < -0.3 is 14.2 Å². The minimum Gasteiger partial charge on any atom is -0.490 e. The number of aromatic nitrogens is 2. The van der Waals surface area contributed by atoms with Gasteiger partial charge in [0.05, 0.1) is 28.2 Å². The molecule has 1 aliphatic heterocycles. The first-order valence-electron chi connectivity index (χ1n) is 9.94. The van der Waals surface area contributed by atoms with Crippen molar-refractivity contribution in [1.29, 1.82) is 0 Å². The van der Waals surface area contributed by atoms with Gasteiger partial charge in [-0.3, -0.25) is 4.72 Å². The van der Waals surface area contributed by atoms with E-state index in [1.807, 2.05) is 37.0 Å². The highest BCUT2D eigenvalue weighted by Gasteiger charge is 2.21. The standard InChI is InChI=1S/C23H22N4O3S/c1-26-12-13-30-21-9-8-16(14-20(21)26)18-15-27(2)23-22(18)19(10-11-24-23)25-31(28,29)17-6-4-3-5-7-17/h3-11,14-15H,12-13H2,1-2H3,(H,24,25). The molecule has 3 heterocycles. The van der Waals surface area contributed by atoms with E-state index in [1.54, 1.807) is 42.6 Å². The number of fused-ring (bicyclic) bond motifs is 2. The molecule has 4 aromatic rings. The molecule has 0 bridgehead atoms. The highest BCUT2D eigenvalue weighted by Crippen LogP contribution is 2.40. The predicted molar refractivity (Wildman–Crippen MR) is 122 cm³/mol. The van der Waals surface area contributed by atoms with Gasteiger partial charge in [-0.25, -0.2) is 13.4 Å². The zero-order valence-electron chi connectivity index (χ0n) is 17.2. The molecule has 8 heteroatoms. The Labute approximate surface area is 181 Å². The molecule has 0 radical (unpaired) electrons. The van der Waals surface area contributed by atoms with Crippen LogP contribution in [0.5, 0.6) is 5.75 Å². The Morgan fingerprint density at radius 2 is 1.87 bits per heavy atom. The van der Waals surface area contributed by atoms with Crippen LogP contribution in [0.25, 0.3) is 22.2 Å². The molecule has 0 fully saturated rings. The molecule has 0 saturated heterocycles. The number of rotatable bonds is 4. The van der Waals surface area contributed by atoms with Gasteiger partial charge in [-0.05, 0) is 35.9 Å². The van der Waals surface area contributed by atoms with Crippen LogP contribution in [-0.2, 0) is 17.1 Å². The van der Waals surface area contributed by atoms with Crippen molar-refractivity contribution in [3.8, 4) is 16.9 Å². The Kier molecular flexibility index (Phi) is 4.59. The zero-order valence-corrected chi connectivity index (χ0v) is 18.1. The van der Waals surface area contributed by atoms with Gasteiger partial charge in [-0.2, -0.15) is 0 Å². The molecule has 158 valence electrons. The number of sulfonamides is 1. The lowest BCUT2D eigenvalue weighted by Gasteiger charge is -2.28. The first-order chi connectivity index (χ1) is 14.9. The molecular weight excluding hydrogens is 412 g/mol. The first kappa shape index (κ1) is 19.4. The number of likely N-dealkylation sites (N-methyl/N-ethyl adjacent to an activating group) is 1. The summed E-state index contributed by atoms with van der Waals surface area (Å²) in [5.41, 5.74) is 4.07. The van der Waals surface area contributed by atoms with E-state index in [-0.39, 0.29) is 4.90 Å². The number of hydrogen-bond donors (Lipinski definition) is 1. The average Bonchev–Trinajstić information content (AvgIpc) is 3.12. The minimum absolute atomic E-state index is 0.213.